The Morgan fingerprint density at radius 2 is 1.47 bits per heavy atom. The summed E-state index contributed by atoms with van der Waals surface area (Å²) in [4.78, 5) is 26.3. The quantitative estimate of drug-likeness (QED) is 0.647. The van der Waals surface area contributed by atoms with Crippen LogP contribution in [0.1, 0.15) is 19.9 Å². The van der Waals surface area contributed by atoms with Gasteiger partial charge in [0.1, 0.15) is 0 Å². The van der Waals surface area contributed by atoms with E-state index < -0.39 is 0 Å². The molecule has 2 saturated carbocycles. The van der Waals surface area contributed by atoms with Gasteiger partial charge in [-0.3, -0.25) is 0 Å². The van der Waals surface area contributed by atoms with Crippen molar-refractivity contribution in [1.29, 1.82) is 0 Å². The second-order valence-electron chi connectivity index (χ2n) is 7.70. The molecule has 1 unspecified atom stereocenters. The molecule has 162 valence electrons. The van der Waals surface area contributed by atoms with Gasteiger partial charge in [0.25, 0.3) is 0 Å². The van der Waals surface area contributed by atoms with Crippen LogP contribution in [0.25, 0.3) is 5.69 Å². The van der Waals surface area contributed by atoms with Crippen molar-refractivity contribution in [3.63, 3.8) is 0 Å². The molecule has 6 heteroatoms. The van der Waals surface area contributed by atoms with Gasteiger partial charge in [-0.05, 0) is 94.9 Å². The van der Waals surface area contributed by atoms with Crippen molar-refractivity contribution in [2.45, 2.75) is 26.4 Å². The molecule has 10 radical (unpaired) electrons. The first-order valence-electron chi connectivity index (χ1n) is 10.2. The van der Waals surface area contributed by atoms with Crippen LogP contribution in [-0.4, -0.2) is 13.9 Å². The molecule has 0 spiro atoms. The van der Waals surface area contributed by atoms with Crippen molar-refractivity contribution in [2.75, 3.05) is 0 Å². The summed E-state index contributed by atoms with van der Waals surface area (Å²) in [7, 11) is 0. The zero-order valence-corrected chi connectivity index (χ0v) is 19.2. The average Bonchev–Trinajstić information content (AvgIpc) is 3.52. The van der Waals surface area contributed by atoms with Gasteiger partial charge in [0.15, 0.2) is 0 Å². The molecule has 1 aromatic heterocycles. The largest absolute Gasteiger partial charge is 2.00 e. The standard InChI is InChI=1S/C21H20N3O2.C5H5.Fe/c1-14(2)18-15(3)13-22-20(25)23(17-11-5-4-6-12-17)21(26)24(22)19(18)16-9-7-8-10-16;1-2-4-5-3-1;/h4-12,19H,1,13H2,2-3H3;1-5H;/q;;+2. The zero-order chi connectivity index (χ0) is 22.0. The molecule has 1 atom stereocenters. The molecule has 0 bridgehead atoms. The smallest absolute Gasteiger partial charge is 0.245 e. The predicted octanol–water partition coefficient (Wildman–Crippen LogP) is 3.67. The van der Waals surface area contributed by atoms with Crippen LogP contribution in [0.4, 0.5) is 0 Å². The summed E-state index contributed by atoms with van der Waals surface area (Å²) in [6.45, 7) is 8.44. The fourth-order valence-corrected chi connectivity index (χ4v) is 4.15. The van der Waals surface area contributed by atoms with Gasteiger partial charge in [0.2, 0.25) is 0 Å². The maximum atomic E-state index is 13.3. The van der Waals surface area contributed by atoms with Crippen molar-refractivity contribution in [3.05, 3.63) is 138 Å². The fourth-order valence-electron chi connectivity index (χ4n) is 4.15. The van der Waals surface area contributed by atoms with Crippen LogP contribution in [0.15, 0.2) is 63.2 Å². The fraction of sp³-hybridized carbons (Fsp3) is 0.154. The monoisotopic (exact) mass is 467 g/mol. The van der Waals surface area contributed by atoms with Crippen molar-refractivity contribution in [3.8, 4) is 5.69 Å². The van der Waals surface area contributed by atoms with Crippen molar-refractivity contribution < 1.29 is 17.1 Å². The second-order valence-corrected chi connectivity index (χ2v) is 7.70. The topological polar surface area (TPSA) is 48.9 Å². The Labute approximate surface area is 201 Å². The van der Waals surface area contributed by atoms with Crippen LogP contribution < -0.4 is 11.4 Å². The zero-order valence-electron chi connectivity index (χ0n) is 18.1. The van der Waals surface area contributed by atoms with E-state index in [9.17, 15) is 9.59 Å². The van der Waals surface area contributed by atoms with E-state index in [1.807, 2.05) is 89.8 Å². The number of hydrogen-bond acceptors (Lipinski definition) is 2. The summed E-state index contributed by atoms with van der Waals surface area (Å²) >= 11 is 0. The molecule has 0 saturated heterocycles. The minimum atomic E-state index is -0.346. The van der Waals surface area contributed by atoms with Crippen molar-refractivity contribution in [1.82, 2.24) is 13.9 Å². The molecule has 2 fully saturated rings. The molecule has 0 amide bonds. The minimum absolute atomic E-state index is 0. The first-order chi connectivity index (χ1) is 15.0. The van der Waals surface area contributed by atoms with Gasteiger partial charge in [0.05, 0.1) is 18.3 Å². The third-order valence-electron chi connectivity index (χ3n) is 5.46. The Balaban J connectivity index is 0.000000427. The Morgan fingerprint density at radius 1 is 0.906 bits per heavy atom. The third-order valence-corrected chi connectivity index (χ3v) is 5.46. The third kappa shape index (κ3) is 4.67. The number of benzene rings is 1. The number of hydrogen-bond donors (Lipinski definition) is 0. The molecule has 1 aromatic carbocycles. The van der Waals surface area contributed by atoms with E-state index in [1.165, 1.54) is 9.25 Å². The normalized spacial score (nSPS) is 20.4. The number of fused-ring (bicyclic) bond motifs is 1. The average molecular weight is 467 g/mol. The minimum Gasteiger partial charge on any atom is -0.245 e. The Morgan fingerprint density at radius 3 is 2.00 bits per heavy atom. The van der Waals surface area contributed by atoms with E-state index in [2.05, 4.69) is 6.58 Å². The Kier molecular flexibility index (Phi) is 8.24. The number of para-hydroxylation sites is 1. The van der Waals surface area contributed by atoms with Gasteiger partial charge in [-0.25, -0.2) is 23.5 Å². The van der Waals surface area contributed by atoms with E-state index in [1.54, 1.807) is 16.8 Å². The summed E-state index contributed by atoms with van der Waals surface area (Å²) < 4.78 is 4.35. The summed E-state index contributed by atoms with van der Waals surface area (Å²) in [6, 6.07) is 8.70. The summed E-state index contributed by atoms with van der Waals surface area (Å²) in [5, 5.41) is 0. The molecular formula is C26H25FeN3O2+2. The van der Waals surface area contributed by atoms with Gasteiger partial charge in [-0.2, -0.15) is 0 Å². The molecule has 2 aromatic rings. The molecular weight excluding hydrogens is 442 g/mol. The maximum Gasteiger partial charge on any atom is 2.00 e. The molecule has 0 N–H and O–H groups in total. The Hall–Kier alpha value is -2.04. The molecule has 5 nitrogen and oxygen atoms in total. The summed E-state index contributed by atoms with van der Waals surface area (Å²) in [5.74, 6) is 0.975. The molecule has 1 aliphatic heterocycles. The van der Waals surface area contributed by atoms with Crippen LogP contribution in [0.5, 0.6) is 0 Å². The number of nitrogens with zero attached hydrogens (tertiary/aromatic N) is 3. The van der Waals surface area contributed by atoms with E-state index in [0.717, 1.165) is 22.6 Å². The van der Waals surface area contributed by atoms with Crippen LogP contribution in [0, 0.1) is 63.7 Å². The summed E-state index contributed by atoms with van der Waals surface area (Å²) in [6.07, 6.45) is 17.8. The first kappa shape index (κ1) is 24.6. The van der Waals surface area contributed by atoms with Crippen molar-refractivity contribution in [2.24, 2.45) is 0 Å². The SMILES string of the molecule is C=C(C)C1=C(C)Cn2c(=O)n(-c3ccccc3)c(=O)n2C1[C]1[CH][CH][CH][CH]1.[CH]1[CH][CH][CH][CH]1.[Fe+2]. The molecule has 2 aliphatic carbocycles. The van der Waals surface area contributed by atoms with Crippen LogP contribution in [0.2, 0.25) is 0 Å². The van der Waals surface area contributed by atoms with Crippen LogP contribution >= 0.6 is 0 Å². The van der Waals surface area contributed by atoms with E-state index in [0.29, 0.717) is 12.2 Å². The Bertz CT molecular complexity index is 1070. The first-order valence-corrected chi connectivity index (χ1v) is 10.2. The van der Waals surface area contributed by atoms with Gasteiger partial charge in [-0.1, -0.05) is 30.4 Å². The molecule has 32 heavy (non-hydrogen) atoms. The van der Waals surface area contributed by atoms with Crippen LogP contribution in [-0.2, 0) is 23.6 Å². The van der Waals surface area contributed by atoms with E-state index >= 15 is 0 Å². The number of aromatic nitrogens is 3. The second kappa shape index (κ2) is 10.7. The van der Waals surface area contributed by atoms with Crippen LogP contribution in [0.3, 0.4) is 0 Å². The maximum absolute atomic E-state index is 13.3. The predicted molar refractivity (Wildman–Crippen MR) is 123 cm³/mol. The molecule has 5 rings (SSSR count). The van der Waals surface area contributed by atoms with Gasteiger partial charge >= 0.3 is 28.4 Å². The van der Waals surface area contributed by atoms with E-state index in [4.69, 9.17) is 0 Å². The van der Waals surface area contributed by atoms with E-state index in [-0.39, 0.29) is 34.5 Å². The van der Waals surface area contributed by atoms with Gasteiger partial charge in [-0.15, -0.1) is 0 Å². The van der Waals surface area contributed by atoms with Gasteiger partial charge in [0, 0.05) is 5.92 Å². The van der Waals surface area contributed by atoms with Gasteiger partial charge < -0.3 is 0 Å². The number of rotatable bonds is 3. The molecule has 2 heterocycles. The van der Waals surface area contributed by atoms with Crippen molar-refractivity contribution >= 4 is 0 Å². The summed E-state index contributed by atoms with van der Waals surface area (Å²) in [5.41, 5.74) is 2.90. The number of allylic oxidation sites excluding steroid dienone is 3. The molecule has 3 aliphatic rings.